The maximum atomic E-state index is 0. The van der Waals surface area contributed by atoms with Crippen molar-refractivity contribution in [2.45, 2.75) is 0 Å². The Morgan fingerprint density at radius 1 is 1.00 bits per heavy atom. The van der Waals surface area contributed by atoms with E-state index in [-0.39, 0.29) is 72.2 Å². The quantitative estimate of drug-likeness (QED) is 0.383. The Hall–Kier alpha value is 2.06. The van der Waals surface area contributed by atoms with Crippen molar-refractivity contribution < 1.29 is 31.7 Å². The fourth-order valence-corrected chi connectivity index (χ4v) is 0. The molecule has 0 aliphatic heterocycles. The van der Waals surface area contributed by atoms with Crippen LogP contribution in [0, 0.1) is 0 Å². The minimum Gasteiger partial charge on any atom is -0.412 e. The molecule has 17 valence electrons. The number of rotatable bonds is 0. The van der Waals surface area contributed by atoms with Crippen LogP contribution in [0.5, 0.6) is 0 Å². The zero-order valence-corrected chi connectivity index (χ0v) is 7.96. The zero-order chi connectivity index (χ0) is 0. The second-order valence-electron chi connectivity index (χ2n) is 0. The van der Waals surface area contributed by atoms with E-state index in [1.807, 2.05) is 0 Å². The minimum absolute atomic E-state index is 0. The van der Waals surface area contributed by atoms with Crippen LogP contribution in [-0.2, 0) is 26.2 Å². The molecule has 0 fully saturated rings. The van der Waals surface area contributed by atoms with Gasteiger partial charge >= 0.3 is 0 Å². The van der Waals surface area contributed by atoms with Gasteiger partial charge in [-0.2, -0.15) is 0 Å². The molecule has 0 amide bonds. The third kappa shape index (κ3) is 8.96. The third-order valence-electron chi connectivity index (χ3n) is 0. The maximum Gasteiger partial charge on any atom is 0 e. The molecule has 0 heterocycles. The van der Waals surface area contributed by atoms with Crippen molar-refractivity contribution in [1.29, 1.82) is 0 Å². The van der Waals surface area contributed by atoms with Gasteiger partial charge in [-0.05, 0) is 0 Å². The van der Waals surface area contributed by atoms with E-state index in [0.29, 0.717) is 0 Å². The van der Waals surface area contributed by atoms with Gasteiger partial charge in [0.15, 0.2) is 0 Å². The van der Waals surface area contributed by atoms with E-state index in [2.05, 4.69) is 0 Å². The van der Waals surface area contributed by atoms with Gasteiger partial charge in [0, 0.05) is 66.7 Å². The largest absolute Gasteiger partial charge is 0.412 e. The molecule has 1 nitrogen and oxygen atoms in total. The van der Waals surface area contributed by atoms with Gasteiger partial charge in [0.05, 0.1) is 0 Å². The molecule has 0 aliphatic rings. The Morgan fingerprint density at radius 3 is 1.00 bits per heavy atom. The summed E-state index contributed by atoms with van der Waals surface area (Å²) in [6.07, 6.45) is 0. The Morgan fingerprint density at radius 2 is 1.00 bits per heavy atom. The molecular formula is H2NaOSiZr. The first kappa shape index (κ1) is 36.6. The molecule has 0 aromatic rings. The fraction of sp³-hybridized carbons (Fsp3) is 0. The van der Waals surface area contributed by atoms with E-state index < -0.39 is 0 Å². The van der Waals surface area contributed by atoms with Crippen LogP contribution in [0.4, 0.5) is 0 Å². The summed E-state index contributed by atoms with van der Waals surface area (Å²) in [7, 11) is 0. The average molecular weight is 160 g/mol. The van der Waals surface area contributed by atoms with Crippen LogP contribution in [0.15, 0.2) is 0 Å². The molecule has 5 radical (unpaired) electrons. The van der Waals surface area contributed by atoms with E-state index in [0.717, 1.165) is 0 Å². The summed E-state index contributed by atoms with van der Waals surface area (Å²) in [6.45, 7) is 0. The van der Waals surface area contributed by atoms with Crippen LogP contribution in [0.25, 0.3) is 0 Å². The van der Waals surface area contributed by atoms with Gasteiger partial charge in [0.1, 0.15) is 0 Å². The maximum absolute atomic E-state index is 0. The Bertz CT molecular complexity index is 8.00. The molecule has 4 heavy (non-hydrogen) atoms. The molecule has 4 heteroatoms. The topological polar surface area (TPSA) is 31.5 Å². The number of hydrogen-bond acceptors (Lipinski definition) is 0. The standard InChI is InChI=1S/Na.H2O.Si.Zr/h;1H2;;. The molecule has 0 spiro atoms. The molecule has 0 aromatic carbocycles. The molecular weight excluding hydrogens is 158 g/mol. The van der Waals surface area contributed by atoms with Crippen molar-refractivity contribution in [2.75, 3.05) is 0 Å². The molecule has 0 atom stereocenters. The SMILES string of the molecule is O.[Na].[Si].[Zr]. The molecule has 0 saturated heterocycles. The second-order valence-corrected chi connectivity index (χ2v) is 0. The zero-order valence-electron chi connectivity index (χ0n) is 2.50. The van der Waals surface area contributed by atoms with Gasteiger partial charge < -0.3 is 5.48 Å². The average Bonchev–Trinajstić information content (AvgIpc) is 0. The van der Waals surface area contributed by atoms with Crippen molar-refractivity contribution in [2.24, 2.45) is 0 Å². The van der Waals surface area contributed by atoms with E-state index in [9.17, 15) is 0 Å². The summed E-state index contributed by atoms with van der Waals surface area (Å²) in [5, 5.41) is 0. The van der Waals surface area contributed by atoms with E-state index in [1.165, 1.54) is 0 Å². The summed E-state index contributed by atoms with van der Waals surface area (Å²) in [4.78, 5) is 0. The van der Waals surface area contributed by atoms with Gasteiger partial charge in [-0.15, -0.1) is 0 Å². The van der Waals surface area contributed by atoms with Gasteiger partial charge in [-0.1, -0.05) is 0 Å². The predicted molar refractivity (Wildman–Crippen MR) is 15.1 cm³/mol. The normalized spacial score (nSPS) is 0. The smallest absolute Gasteiger partial charge is 0 e. The van der Waals surface area contributed by atoms with Crippen molar-refractivity contribution in [3.05, 3.63) is 0 Å². The van der Waals surface area contributed by atoms with Crippen LogP contribution < -0.4 is 0 Å². The Labute approximate surface area is 71.3 Å². The first-order valence-electron chi connectivity index (χ1n) is 0. The first-order chi connectivity index (χ1) is 0. The Balaban J connectivity index is 0. The molecule has 0 rings (SSSR count). The molecule has 2 N–H and O–H groups in total. The monoisotopic (exact) mass is 159 g/mol. The van der Waals surface area contributed by atoms with Crippen LogP contribution in [0.3, 0.4) is 0 Å². The van der Waals surface area contributed by atoms with Crippen LogP contribution in [0.1, 0.15) is 0 Å². The van der Waals surface area contributed by atoms with Crippen molar-refractivity contribution in [3.63, 3.8) is 0 Å². The number of hydrogen-bond donors (Lipinski definition) is 0. The first-order valence-corrected chi connectivity index (χ1v) is 0. The van der Waals surface area contributed by atoms with E-state index in [4.69, 9.17) is 0 Å². The molecule has 0 bridgehead atoms. The van der Waals surface area contributed by atoms with Crippen molar-refractivity contribution in [3.8, 4) is 0 Å². The van der Waals surface area contributed by atoms with E-state index >= 15 is 0 Å². The van der Waals surface area contributed by atoms with E-state index in [1.54, 1.807) is 0 Å². The summed E-state index contributed by atoms with van der Waals surface area (Å²) in [6, 6.07) is 0. The van der Waals surface area contributed by atoms with Gasteiger partial charge in [0.25, 0.3) is 0 Å². The van der Waals surface area contributed by atoms with Gasteiger partial charge in [0.2, 0.25) is 0 Å². The molecule has 0 saturated carbocycles. The van der Waals surface area contributed by atoms with Gasteiger partial charge in [-0.25, -0.2) is 0 Å². The summed E-state index contributed by atoms with van der Waals surface area (Å²) in [5.41, 5.74) is 0. The fourth-order valence-electron chi connectivity index (χ4n) is 0. The second kappa shape index (κ2) is 19.7. The predicted octanol–water partition coefficient (Wildman–Crippen LogP) is -1.59. The third-order valence-corrected chi connectivity index (χ3v) is 0. The van der Waals surface area contributed by atoms with Crippen molar-refractivity contribution >= 4 is 40.5 Å². The van der Waals surface area contributed by atoms with Crippen LogP contribution in [0.2, 0.25) is 0 Å². The molecule has 0 aromatic heterocycles. The summed E-state index contributed by atoms with van der Waals surface area (Å²) >= 11 is 0. The van der Waals surface area contributed by atoms with Crippen molar-refractivity contribution in [1.82, 2.24) is 0 Å². The van der Waals surface area contributed by atoms with Crippen LogP contribution >= 0.6 is 0 Å². The minimum atomic E-state index is 0. The Kier molecular flexibility index (Phi) is 180. The van der Waals surface area contributed by atoms with Crippen LogP contribution in [-0.4, -0.2) is 46.0 Å². The molecule has 0 unspecified atom stereocenters. The summed E-state index contributed by atoms with van der Waals surface area (Å²) < 4.78 is 0. The summed E-state index contributed by atoms with van der Waals surface area (Å²) in [5.74, 6) is 0. The van der Waals surface area contributed by atoms with Gasteiger partial charge in [-0.3, -0.25) is 0 Å². The molecule has 0 aliphatic carbocycles.